The molecule has 0 N–H and O–H groups in total. The second kappa shape index (κ2) is 7.22. The van der Waals surface area contributed by atoms with Gasteiger partial charge in [0.05, 0.1) is 10.9 Å². The normalized spacial score (nSPS) is 16.8. The van der Waals surface area contributed by atoms with E-state index in [1.54, 1.807) is 17.5 Å². The van der Waals surface area contributed by atoms with Gasteiger partial charge >= 0.3 is 0 Å². The molecule has 3 heterocycles. The molecule has 1 aliphatic rings. The Hall–Kier alpha value is -1.43. The summed E-state index contributed by atoms with van der Waals surface area (Å²) in [5, 5.41) is 0. The highest BCUT2D eigenvalue weighted by Crippen LogP contribution is 2.23. The summed E-state index contributed by atoms with van der Waals surface area (Å²) in [6, 6.07) is 7.91. The second-order valence-corrected chi connectivity index (χ2v) is 7.21. The molecule has 116 valence electrons. The largest absolute Gasteiger partial charge is 0.336 e. The summed E-state index contributed by atoms with van der Waals surface area (Å²) in [6.07, 6.45) is 4.24. The number of aromatic nitrogens is 1. The fraction of sp³-hybridized carbons (Fsp3) is 0.375. The van der Waals surface area contributed by atoms with E-state index >= 15 is 0 Å². The summed E-state index contributed by atoms with van der Waals surface area (Å²) >= 11 is 7.50. The summed E-state index contributed by atoms with van der Waals surface area (Å²) < 4.78 is 0.774. The van der Waals surface area contributed by atoms with Gasteiger partial charge in [-0.2, -0.15) is 0 Å². The van der Waals surface area contributed by atoms with Crippen LogP contribution in [0.25, 0.3) is 0 Å². The first-order chi connectivity index (χ1) is 10.7. The highest BCUT2D eigenvalue weighted by atomic mass is 35.5. The zero-order chi connectivity index (χ0) is 15.4. The lowest BCUT2D eigenvalue weighted by Crippen LogP contribution is -2.32. The van der Waals surface area contributed by atoms with Crippen molar-refractivity contribution in [2.75, 3.05) is 19.6 Å². The average molecular weight is 336 g/mol. The summed E-state index contributed by atoms with van der Waals surface area (Å²) in [5.74, 6) is 0.221. The summed E-state index contributed by atoms with van der Waals surface area (Å²) in [4.78, 5) is 21.8. The summed E-state index contributed by atoms with van der Waals surface area (Å²) in [6.45, 7) is 3.96. The lowest BCUT2D eigenvalue weighted by atomic mass is 10.2. The number of halogens is 1. The van der Waals surface area contributed by atoms with Gasteiger partial charge in [0.15, 0.2) is 0 Å². The molecular formula is C16H18ClN3OS. The number of nitrogens with zero attached hydrogens (tertiary/aromatic N) is 3. The number of carbonyl (C=O) groups excluding carboxylic acids is 1. The number of hydrogen-bond donors (Lipinski definition) is 0. The quantitative estimate of drug-likeness (QED) is 0.861. The maximum absolute atomic E-state index is 12.3. The number of carbonyl (C=O) groups is 1. The molecule has 0 atom stereocenters. The van der Waals surface area contributed by atoms with Crippen LogP contribution in [0.4, 0.5) is 0 Å². The number of hydrogen-bond acceptors (Lipinski definition) is 4. The number of pyridine rings is 1. The molecule has 0 bridgehead atoms. The molecule has 0 radical (unpaired) electrons. The van der Waals surface area contributed by atoms with Gasteiger partial charge in [0.1, 0.15) is 0 Å². The summed E-state index contributed by atoms with van der Waals surface area (Å²) in [7, 11) is 0. The maximum atomic E-state index is 12.3. The molecule has 1 amide bonds. The van der Waals surface area contributed by atoms with Gasteiger partial charge in [-0.25, -0.2) is 0 Å². The van der Waals surface area contributed by atoms with Crippen LogP contribution < -0.4 is 0 Å². The van der Waals surface area contributed by atoms with Crippen molar-refractivity contribution in [3.63, 3.8) is 0 Å². The molecule has 1 saturated heterocycles. The Morgan fingerprint density at radius 1 is 1.18 bits per heavy atom. The van der Waals surface area contributed by atoms with Crippen LogP contribution in [0.3, 0.4) is 0 Å². The number of rotatable bonds is 4. The molecule has 22 heavy (non-hydrogen) atoms. The van der Waals surface area contributed by atoms with Gasteiger partial charge in [-0.3, -0.25) is 14.7 Å². The highest BCUT2D eigenvalue weighted by Gasteiger charge is 2.21. The van der Waals surface area contributed by atoms with Gasteiger partial charge in [-0.05, 0) is 23.8 Å². The van der Waals surface area contributed by atoms with Crippen molar-refractivity contribution < 1.29 is 4.79 Å². The number of amides is 1. The van der Waals surface area contributed by atoms with Crippen LogP contribution in [0, 0.1) is 0 Å². The minimum Gasteiger partial charge on any atom is -0.336 e. The van der Waals surface area contributed by atoms with Crippen molar-refractivity contribution in [3.05, 3.63) is 51.4 Å². The third-order valence-corrected chi connectivity index (χ3v) is 5.00. The molecule has 4 nitrogen and oxygen atoms in total. The lowest BCUT2D eigenvalue weighted by molar-refractivity contribution is -0.130. The van der Waals surface area contributed by atoms with E-state index in [1.165, 1.54) is 5.56 Å². The minimum atomic E-state index is 0.221. The first kappa shape index (κ1) is 15.5. The van der Waals surface area contributed by atoms with Gasteiger partial charge in [-0.1, -0.05) is 17.7 Å². The van der Waals surface area contributed by atoms with Crippen molar-refractivity contribution in [1.29, 1.82) is 0 Å². The molecule has 1 fully saturated rings. The van der Waals surface area contributed by atoms with E-state index in [1.807, 2.05) is 29.3 Å². The van der Waals surface area contributed by atoms with E-state index in [9.17, 15) is 4.79 Å². The Morgan fingerprint density at radius 2 is 2.09 bits per heavy atom. The third kappa shape index (κ3) is 4.06. The van der Waals surface area contributed by atoms with E-state index in [-0.39, 0.29) is 5.91 Å². The van der Waals surface area contributed by atoms with E-state index < -0.39 is 0 Å². The van der Waals surface area contributed by atoms with E-state index in [2.05, 4.69) is 16.0 Å². The Morgan fingerprint density at radius 3 is 2.82 bits per heavy atom. The molecule has 3 rings (SSSR count). The first-order valence-corrected chi connectivity index (χ1v) is 8.53. The molecule has 0 saturated carbocycles. The van der Waals surface area contributed by atoms with E-state index in [0.29, 0.717) is 13.0 Å². The number of thiophene rings is 1. The predicted octanol–water partition coefficient (Wildman–Crippen LogP) is 3.03. The Bertz CT molecular complexity index is 631. The van der Waals surface area contributed by atoms with Crippen LogP contribution in [-0.4, -0.2) is 40.3 Å². The fourth-order valence-electron chi connectivity index (χ4n) is 2.61. The van der Waals surface area contributed by atoms with Crippen molar-refractivity contribution in [3.8, 4) is 0 Å². The monoisotopic (exact) mass is 335 g/mol. The smallest absolute Gasteiger partial charge is 0.224 e. The fourth-order valence-corrected chi connectivity index (χ4v) is 3.71. The maximum Gasteiger partial charge on any atom is 0.224 e. The van der Waals surface area contributed by atoms with E-state index in [4.69, 9.17) is 11.6 Å². The topological polar surface area (TPSA) is 36.4 Å². The van der Waals surface area contributed by atoms with Crippen LogP contribution in [0.15, 0.2) is 36.7 Å². The molecule has 0 spiro atoms. The molecule has 2 aromatic heterocycles. The van der Waals surface area contributed by atoms with Crippen molar-refractivity contribution in [2.24, 2.45) is 0 Å². The van der Waals surface area contributed by atoms with Crippen molar-refractivity contribution in [1.82, 2.24) is 14.8 Å². The molecule has 0 aromatic carbocycles. The Balaban J connectivity index is 1.59. The highest BCUT2D eigenvalue weighted by molar-refractivity contribution is 7.16. The standard InChI is InChI=1S/C16H18ClN3OS/c17-15-4-3-14(22-15)12-20-9-8-19(7-5-16(20)21)11-13-2-1-6-18-10-13/h1-4,6,10H,5,7-9,11-12H2. The zero-order valence-electron chi connectivity index (χ0n) is 12.2. The minimum absolute atomic E-state index is 0.221. The van der Waals surface area contributed by atoms with Crippen molar-refractivity contribution >= 4 is 28.8 Å². The predicted molar refractivity (Wildman–Crippen MR) is 88.9 cm³/mol. The SMILES string of the molecule is O=C1CCN(Cc2cccnc2)CCN1Cc1ccc(Cl)s1. The van der Waals surface area contributed by atoms with Crippen LogP contribution in [-0.2, 0) is 17.9 Å². The van der Waals surface area contributed by atoms with Crippen LogP contribution in [0.5, 0.6) is 0 Å². The van der Waals surface area contributed by atoms with Crippen LogP contribution >= 0.6 is 22.9 Å². The molecule has 0 unspecified atom stereocenters. The third-order valence-electron chi connectivity index (χ3n) is 3.79. The molecule has 6 heteroatoms. The van der Waals surface area contributed by atoms with Crippen LogP contribution in [0.2, 0.25) is 4.34 Å². The molecule has 2 aromatic rings. The van der Waals surface area contributed by atoms with Gasteiger partial charge in [0, 0.05) is 49.9 Å². The molecule has 0 aliphatic carbocycles. The van der Waals surface area contributed by atoms with E-state index in [0.717, 1.165) is 35.4 Å². The van der Waals surface area contributed by atoms with Gasteiger partial charge in [0.25, 0.3) is 0 Å². The summed E-state index contributed by atoms with van der Waals surface area (Å²) in [5.41, 5.74) is 1.19. The molecule has 1 aliphatic heterocycles. The Labute approximate surface area is 139 Å². The Kier molecular flexibility index (Phi) is 5.08. The first-order valence-electron chi connectivity index (χ1n) is 7.34. The molecular weight excluding hydrogens is 318 g/mol. The van der Waals surface area contributed by atoms with Gasteiger partial charge in [-0.15, -0.1) is 11.3 Å². The van der Waals surface area contributed by atoms with Crippen LogP contribution in [0.1, 0.15) is 16.9 Å². The average Bonchev–Trinajstić information content (AvgIpc) is 2.86. The lowest BCUT2D eigenvalue weighted by Gasteiger charge is -2.21. The zero-order valence-corrected chi connectivity index (χ0v) is 13.8. The van der Waals surface area contributed by atoms with Gasteiger partial charge < -0.3 is 4.90 Å². The van der Waals surface area contributed by atoms with Crippen molar-refractivity contribution in [2.45, 2.75) is 19.5 Å². The van der Waals surface area contributed by atoms with Gasteiger partial charge in [0.2, 0.25) is 5.91 Å². The second-order valence-electron chi connectivity index (χ2n) is 5.41.